The van der Waals surface area contributed by atoms with Crippen molar-refractivity contribution in [3.63, 3.8) is 0 Å². The van der Waals surface area contributed by atoms with Gasteiger partial charge >= 0.3 is 0 Å². The van der Waals surface area contributed by atoms with Gasteiger partial charge in [0.1, 0.15) is 0 Å². The molecule has 0 radical (unpaired) electrons. The van der Waals surface area contributed by atoms with Gasteiger partial charge < -0.3 is 9.84 Å². The van der Waals surface area contributed by atoms with Crippen LogP contribution in [0.15, 0.2) is 0 Å². The monoisotopic (exact) mass is 254 g/mol. The highest BCUT2D eigenvalue weighted by molar-refractivity contribution is 5.33. The van der Waals surface area contributed by atoms with Crippen LogP contribution in [0.3, 0.4) is 0 Å². The summed E-state index contributed by atoms with van der Waals surface area (Å²) in [6, 6.07) is 0. The third-order valence-corrected chi connectivity index (χ3v) is 3.32. The van der Waals surface area contributed by atoms with E-state index in [1.165, 1.54) is 25.7 Å². The van der Waals surface area contributed by atoms with E-state index in [1.807, 2.05) is 14.0 Å². The van der Waals surface area contributed by atoms with Crippen molar-refractivity contribution in [2.45, 2.75) is 58.5 Å². The minimum Gasteiger partial charge on any atom is -0.481 e. The van der Waals surface area contributed by atoms with Crippen LogP contribution in [-0.2, 0) is 7.05 Å². The van der Waals surface area contributed by atoms with Crippen LogP contribution in [0.1, 0.15) is 62.8 Å². The van der Waals surface area contributed by atoms with Gasteiger partial charge in [0.2, 0.25) is 5.88 Å². The summed E-state index contributed by atoms with van der Waals surface area (Å²) in [4.78, 5) is 0. The largest absolute Gasteiger partial charge is 0.481 e. The number of unbranched alkanes of at least 4 members (excludes halogenated alkanes) is 4. The normalized spacial score (nSPS) is 12.7. The Bertz CT molecular complexity index is 361. The summed E-state index contributed by atoms with van der Waals surface area (Å²) in [5, 5.41) is 14.5. The van der Waals surface area contributed by atoms with Gasteiger partial charge in [-0.1, -0.05) is 39.0 Å². The highest BCUT2D eigenvalue weighted by Crippen LogP contribution is 2.30. The second-order valence-corrected chi connectivity index (χ2v) is 4.85. The third-order valence-electron chi connectivity index (χ3n) is 3.32. The molecule has 0 aliphatic heterocycles. The Kier molecular flexibility index (Phi) is 6.19. The maximum Gasteiger partial charge on any atom is 0.217 e. The predicted molar refractivity (Wildman–Crippen MR) is 72.8 cm³/mol. The first kappa shape index (κ1) is 15.0. The molecule has 1 aromatic heterocycles. The van der Waals surface area contributed by atoms with E-state index in [-0.39, 0.29) is 0 Å². The minimum atomic E-state index is -0.463. The molecule has 1 aromatic rings. The van der Waals surface area contributed by atoms with Crippen molar-refractivity contribution in [1.82, 2.24) is 9.78 Å². The Morgan fingerprint density at radius 2 is 1.94 bits per heavy atom. The fourth-order valence-electron chi connectivity index (χ4n) is 2.36. The maximum absolute atomic E-state index is 10.2. The Labute approximate surface area is 110 Å². The molecule has 104 valence electrons. The quantitative estimate of drug-likeness (QED) is 0.725. The molecule has 1 unspecified atom stereocenters. The Hall–Kier alpha value is -1.03. The SMILES string of the molecule is CCCCCCCC(O)c1c(C)nn(C)c1OC. The lowest BCUT2D eigenvalue weighted by Gasteiger charge is -2.12. The molecule has 0 saturated heterocycles. The van der Waals surface area contributed by atoms with E-state index in [4.69, 9.17) is 4.74 Å². The average Bonchev–Trinajstić information content (AvgIpc) is 2.63. The van der Waals surface area contributed by atoms with Gasteiger partial charge in [-0.15, -0.1) is 0 Å². The van der Waals surface area contributed by atoms with Crippen molar-refractivity contribution in [1.29, 1.82) is 0 Å². The molecule has 4 nitrogen and oxygen atoms in total. The fraction of sp³-hybridized carbons (Fsp3) is 0.786. The van der Waals surface area contributed by atoms with E-state index in [1.54, 1.807) is 11.8 Å². The zero-order valence-corrected chi connectivity index (χ0v) is 12.1. The van der Waals surface area contributed by atoms with Crippen LogP contribution < -0.4 is 4.74 Å². The van der Waals surface area contributed by atoms with Crippen LogP contribution >= 0.6 is 0 Å². The Morgan fingerprint density at radius 3 is 2.56 bits per heavy atom. The van der Waals surface area contributed by atoms with Gasteiger partial charge in [-0.25, -0.2) is 4.68 Å². The Morgan fingerprint density at radius 1 is 1.28 bits per heavy atom. The number of ether oxygens (including phenoxy) is 1. The summed E-state index contributed by atoms with van der Waals surface area (Å²) >= 11 is 0. The highest BCUT2D eigenvalue weighted by Gasteiger charge is 2.20. The molecule has 0 aromatic carbocycles. The zero-order chi connectivity index (χ0) is 13.5. The van der Waals surface area contributed by atoms with Gasteiger partial charge in [0, 0.05) is 7.05 Å². The van der Waals surface area contributed by atoms with Crippen molar-refractivity contribution in [2.75, 3.05) is 7.11 Å². The molecular weight excluding hydrogens is 228 g/mol. The molecule has 0 aliphatic carbocycles. The van der Waals surface area contributed by atoms with Gasteiger partial charge in [-0.2, -0.15) is 5.10 Å². The number of rotatable bonds is 8. The van der Waals surface area contributed by atoms with Crippen LogP contribution in [0.5, 0.6) is 5.88 Å². The van der Waals surface area contributed by atoms with Crippen molar-refractivity contribution < 1.29 is 9.84 Å². The molecule has 1 rings (SSSR count). The van der Waals surface area contributed by atoms with Gasteiger partial charge in [-0.3, -0.25) is 0 Å². The van der Waals surface area contributed by atoms with Gasteiger partial charge in [0.15, 0.2) is 0 Å². The number of nitrogens with zero attached hydrogens (tertiary/aromatic N) is 2. The molecular formula is C14H26N2O2. The molecule has 0 amide bonds. The summed E-state index contributed by atoms with van der Waals surface area (Å²) in [5.74, 6) is 0.675. The molecule has 1 atom stereocenters. The lowest BCUT2D eigenvalue weighted by atomic mass is 10.0. The number of hydrogen-bond donors (Lipinski definition) is 1. The molecule has 4 heteroatoms. The summed E-state index contributed by atoms with van der Waals surface area (Å²) in [7, 11) is 3.46. The summed E-state index contributed by atoms with van der Waals surface area (Å²) < 4.78 is 6.99. The van der Waals surface area contributed by atoms with Crippen LogP contribution in [0.2, 0.25) is 0 Å². The molecule has 1 heterocycles. The van der Waals surface area contributed by atoms with Crippen molar-refractivity contribution in [3.8, 4) is 5.88 Å². The minimum absolute atomic E-state index is 0.463. The second kappa shape index (κ2) is 7.41. The molecule has 0 fully saturated rings. The number of aliphatic hydroxyl groups is 1. The van der Waals surface area contributed by atoms with Gasteiger partial charge in [-0.05, 0) is 13.3 Å². The highest BCUT2D eigenvalue weighted by atomic mass is 16.5. The van der Waals surface area contributed by atoms with Crippen LogP contribution in [0.25, 0.3) is 0 Å². The molecule has 0 aliphatic rings. The Balaban J connectivity index is 2.53. The first-order valence-corrected chi connectivity index (χ1v) is 6.87. The van der Waals surface area contributed by atoms with Crippen LogP contribution in [-0.4, -0.2) is 22.0 Å². The van der Waals surface area contributed by atoms with Gasteiger partial charge in [0.05, 0.1) is 24.5 Å². The number of methoxy groups -OCH3 is 1. The van der Waals surface area contributed by atoms with Crippen molar-refractivity contribution in [2.24, 2.45) is 7.05 Å². The number of hydrogen-bond acceptors (Lipinski definition) is 3. The lowest BCUT2D eigenvalue weighted by molar-refractivity contribution is 0.158. The average molecular weight is 254 g/mol. The van der Waals surface area contributed by atoms with E-state index in [0.29, 0.717) is 5.88 Å². The zero-order valence-electron chi connectivity index (χ0n) is 12.1. The van der Waals surface area contributed by atoms with Gasteiger partial charge in [0.25, 0.3) is 0 Å². The summed E-state index contributed by atoms with van der Waals surface area (Å²) in [6.07, 6.45) is 6.35. The first-order valence-electron chi connectivity index (χ1n) is 6.87. The van der Waals surface area contributed by atoms with Crippen LogP contribution in [0, 0.1) is 6.92 Å². The second-order valence-electron chi connectivity index (χ2n) is 4.85. The van der Waals surface area contributed by atoms with E-state index in [0.717, 1.165) is 24.1 Å². The summed E-state index contributed by atoms with van der Waals surface area (Å²) in [6.45, 7) is 4.12. The van der Waals surface area contributed by atoms with E-state index >= 15 is 0 Å². The topological polar surface area (TPSA) is 47.3 Å². The molecule has 18 heavy (non-hydrogen) atoms. The third kappa shape index (κ3) is 3.73. The molecule has 0 bridgehead atoms. The van der Waals surface area contributed by atoms with Crippen molar-refractivity contribution >= 4 is 0 Å². The first-order chi connectivity index (χ1) is 8.61. The number of aromatic nitrogens is 2. The summed E-state index contributed by atoms with van der Waals surface area (Å²) in [5.41, 5.74) is 1.70. The predicted octanol–water partition coefficient (Wildman–Crippen LogP) is 3.13. The van der Waals surface area contributed by atoms with E-state index in [2.05, 4.69) is 12.0 Å². The molecule has 1 N–H and O–H groups in total. The van der Waals surface area contributed by atoms with E-state index < -0.39 is 6.10 Å². The molecule has 0 spiro atoms. The van der Waals surface area contributed by atoms with Crippen LogP contribution in [0.4, 0.5) is 0 Å². The van der Waals surface area contributed by atoms with E-state index in [9.17, 15) is 5.11 Å². The maximum atomic E-state index is 10.2. The lowest BCUT2D eigenvalue weighted by Crippen LogP contribution is -2.02. The smallest absolute Gasteiger partial charge is 0.217 e. The fourth-order valence-corrected chi connectivity index (χ4v) is 2.36. The van der Waals surface area contributed by atoms with Crippen molar-refractivity contribution in [3.05, 3.63) is 11.3 Å². The standard InChI is InChI=1S/C14H26N2O2/c1-5-6-7-8-9-10-12(17)13-11(2)15-16(3)14(13)18-4/h12,17H,5-10H2,1-4H3. The molecule has 0 saturated carbocycles. The number of aryl methyl sites for hydroxylation is 2. The number of aliphatic hydroxyl groups excluding tert-OH is 1.